The standard InChI is InChI=1S/C20H22F2N2O2/c1-26-18-5-3-2-4-17(18)19(25)24-13-20(6-8-23-9-7-20)14-10-15(21)12-16(22)11-14/h2-5,10-12,23H,6-9,13H2,1H3,(H,24,25). The Hall–Kier alpha value is -2.47. The van der Waals surface area contributed by atoms with Gasteiger partial charge in [-0.3, -0.25) is 4.79 Å². The fourth-order valence-corrected chi connectivity index (χ4v) is 3.51. The zero-order valence-electron chi connectivity index (χ0n) is 14.6. The number of hydrogen-bond donors (Lipinski definition) is 2. The van der Waals surface area contributed by atoms with Gasteiger partial charge in [-0.25, -0.2) is 8.78 Å². The number of benzene rings is 2. The second kappa shape index (κ2) is 7.83. The van der Waals surface area contributed by atoms with Gasteiger partial charge >= 0.3 is 0 Å². The average molecular weight is 360 g/mol. The van der Waals surface area contributed by atoms with Crippen LogP contribution in [0, 0.1) is 11.6 Å². The van der Waals surface area contributed by atoms with Crippen LogP contribution in [0.3, 0.4) is 0 Å². The molecule has 26 heavy (non-hydrogen) atoms. The first-order valence-electron chi connectivity index (χ1n) is 8.63. The molecule has 138 valence electrons. The van der Waals surface area contributed by atoms with Crippen LogP contribution in [0.25, 0.3) is 0 Å². The van der Waals surface area contributed by atoms with E-state index in [-0.39, 0.29) is 5.91 Å². The van der Waals surface area contributed by atoms with Crippen LogP contribution in [0.15, 0.2) is 42.5 Å². The highest BCUT2D eigenvalue weighted by molar-refractivity contribution is 5.96. The first-order valence-corrected chi connectivity index (χ1v) is 8.63. The molecule has 0 aliphatic carbocycles. The van der Waals surface area contributed by atoms with Crippen molar-refractivity contribution < 1.29 is 18.3 Å². The van der Waals surface area contributed by atoms with Crippen molar-refractivity contribution in [3.63, 3.8) is 0 Å². The molecule has 2 N–H and O–H groups in total. The van der Waals surface area contributed by atoms with E-state index in [1.165, 1.54) is 19.2 Å². The number of carbonyl (C=O) groups excluding carboxylic acids is 1. The molecule has 3 rings (SSSR count). The summed E-state index contributed by atoms with van der Waals surface area (Å²) in [6, 6.07) is 10.6. The van der Waals surface area contributed by atoms with Crippen LogP contribution in [0.5, 0.6) is 5.75 Å². The molecule has 1 aliphatic heterocycles. The molecular weight excluding hydrogens is 338 g/mol. The summed E-state index contributed by atoms with van der Waals surface area (Å²) in [5, 5.41) is 6.19. The van der Waals surface area contributed by atoms with Crippen molar-refractivity contribution in [3.05, 3.63) is 65.2 Å². The Bertz CT molecular complexity index is 769. The third-order valence-corrected chi connectivity index (χ3v) is 4.97. The fourth-order valence-electron chi connectivity index (χ4n) is 3.51. The maximum atomic E-state index is 13.8. The van der Waals surface area contributed by atoms with Gasteiger partial charge in [-0.15, -0.1) is 0 Å². The summed E-state index contributed by atoms with van der Waals surface area (Å²) >= 11 is 0. The predicted octanol–water partition coefficient (Wildman–Crippen LogP) is 3.02. The van der Waals surface area contributed by atoms with Gasteiger partial charge < -0.3 is 15.4 Å². The van der Waals surface area contributed by atoms with Gasteiger partial charge in [-0.1, -0.05) is 12.1 Å². The van der Waals surface area contributed by atoms with E-state index in [4.69, 9.17) is 4.74 Å². The molecule has 0 unspecified atom stereocenters. The summed E-state index contributed by atoms with van der Waals surface area (Å²) in [6.07, 6.45) is 1.37. The number of halogens is 2. The van der Waals surface area contributed by atoms with E-state index in [2.05, 4.69) is 10.6 Å². The molecule has 2 aromatic rings. The normalized spacial score (nSPS) is 16.1. The summed E-state index contributed by atoms with van der Waals surface area (Å²) in [5.41, 5.74) is 0.507. The van der Waals surface area contributed by atoms with Gasteiger partial charge in [0.2, 0.25) is 0 Å². The molecule has 1 amide bonds. The van der Waals surface area contributed by atoms with Crippen LogP contribution in [0.4, 0.5) is 8.78 Å². The maximum absolute atomic E-state index is 13.8. The molecule has 0 atom stereocenters. The van der Waals surface area contributed by atoms with Crippen LogP contribution < -0.4 is 15.4 Å². The lowest BCUT2D eigenvalue weighted by molar-refractivity contribution is 0.0934. The first-order chi connectivity index (χ1) is 12.5. The van der Waals surface area contributed by atoms with E-state index < -0.39 is 17.0 Å². The van der Waals surface area contributed by atoms with Crippen LogP contribution in [-0.2, 0) is 5.41 Å². The fraction of sp³-hybridized carbons (Fsp3) is 0.350. The van der Waals surface area contributed by atoms with Gasteiger partial charge in [-0.2, -0.15) is 0 Å². The first kappa shape index (κ1) is 18.3. The van der Waals surface area contributed by atoms with Crippen molar-refractivity contribution >= 4 is 5.91 Å². The van der Waals surface area contributed by atoms with Gasteiger partial charge in [0.05, 0.1) is 12.7 Å². The molecular formula is C20H22F2N2O2. The molecule has 1 heterocycles. The number of nitrogens with one attached hydrogen (secondary N) is 2. The highest BCUT2D eigenvalue weighted by Crippen LogP contribution is 2.34. The van der Waals surface area contributed by atoms with Crippen LogP contribution in [0.2, 0.25) is 0 Å². The number of rotatable bonds is 5. The number of carbonyl (C=O) groups is 1. The summed E-state index contributed by atoms with van der Waals surface area (Å²) in [6.45, 7) is 1.75. The molecule has 0 aromatic heterocycles. The summed E-state index contributed by atoms with van der Waals surface area (Å²) < 4.78 is 32.7. The molecule has 0 saturated carbocycles. The predicted molar refractivity (Wildman–Crippen MR) is 95.5 cm³/mol. The van der Waals surface area contributed by atoms with Crippen LogP contribution in [0.1, 0.15) is 28.8 Å². The quantitative estimate of drug-likeness (QED) is 0.862. The van der Waals surface area contributed by atoms with E-state index in [0.29, 0.717) is 36.3 Å². The molecule has 1 aliphatic rings. The summed E-state index contributed by atoms with van der Waals surface area (Å²) in [4.78, 5) is 12.6. The van der Waals surface area contributed by atoms with Gasteiger partial charge in [0.15, 0.2) is 0 Å². The largest absolute Gasteiger partial charge is 0.496 e. The second-order valence-corrected chi connectivity index (χ2v) is 6.57. The van der Waals surface area contributed by atoms with Crippen LogP contribution >= 0.6 is 0 Å². The third-order valence-electron chi connectivity index (χ3n) is 4.97. The van der Waals surface area contributed by atoms with Gasteiger partial charge in [0, 0.05) is 18.0 Å². The van der Waals surface area contributed by atoms with Crippen molar-refractivity contribution in [1.29, 1.82) is 0 Å². The zero-order valence-corrected chi connectivity index (χ0v) is 14.6. The number of piperidine rings is 1. The molecule has 6 heteroatoms. The van der Waals surface area contributed by atoms with E-state index in [0.717, 1.165) is 19.2 Å². The zero-order chi connectivity index (χ0) is 18.6. The second-order valence-electron chi connectivity index (χ2n) is 6.57. The lowest BCUT2D eigenvalue weighted by atomic mass is 9.73. The molecule has 1 fully saturated rings. The summed E-state index contributed by atoms with van der Waals surface area (Å²) in [7, 11) is 1.51. The van der Waals surface area contributed by atoms with Gasteiger partial charge in [0.25, 0.3) is 5.91 Å². The highest BCUT2D eigenvalue weighted by Gasteiger charge is 2.35. The Labute approximate surface area is 151 Å². The number of para-hydroxylation sites is 1. The topological polar surface area (TPSA) is 50.4 Å². The van der Waals surface area contributed by atoms with Gasteiger partial charge in [0.1, 0.15) is 17.4 Å². The van der Waals surface area contributed by atoms with Crippen molar-refractivity contribution in [2.75, 3.05) is 26.7 Å². The minimum atomic E-state index is -0.603. The Morgan fingerprint density at radius 1 is 1.15 bits per heavy atom. The molecule has 0 spiro atoms. The molecule has 4 nitrogen and oxygen atoms in total. The average Bonchev–Trinajstić information content (AvgIpc) is 2.66. The molecule has 0 bridgehead atoms. The molecule has 0 radical (unpaired) electrons. The maximum Gasteiger partial charge on any atom is 0.255 e. The highest BCUT2D eigenvalue weighted by atomic mass is 19.1. The lowest BCUT2D eigenvalue weighted by Crippen LogP contribution is -2.47. The third kappa shape index (κ3) is 3.85. The van der Waals surface area contributed by atoms with E-state index in [1.54, 1.807) is 24.3 Å². The molecule has 1 saturated heterocycles. The van der Waals surface area contributed by atoms with Crippen molar-refractivity contribution in [2.45, 2.75) is 18.3 Å². The Balaban J connectivity index is 1.84. The van der Waals surface area contributed by atoms with Gasteiger partial charge in [-0.05, 0) is 55.8 Å². The minimum absolute atomic E-state index is 0.266. The Kier molecular flexibility index (Phi) is 5.52. The van der Waals surface area contributed by atoms with Crippen molar-refractivity contribution in [2.24, 2.45) is 0 Å². The van der Waals surface area contributed by atoms with E-state index in [9.17, 15) is 13.6 Å². The number of ether oxygens (including phenoxy) is 1. The number of hydrogen-bond acceptors (Lipinski definition) is 3. The Morgan fingerprint density at radius 2 is 1.81 bits per heavy atom. The van der Waals surface area contributed by atoms with Crippen LogP contribution in [-0.4, -0.2) is 32.7 Å². The SMILES string of the molecule is COc1ccccc1C(=O)NCC1(c2cc(F)cc(F)c2)CCNCC1. The minimum Gasteiger partial charge on any atom is -0.496 e. The Morgan fingerprint density at radius 3 is 2.46 bits per heavy atom. The smallest absolute Gasteiger partial charge is 0.255 e. The molecule has 2 aromatic carbocycles. The number of methoxy groups -OCH3 is 1. The number of amides is 1. The summed E-state index contributed by atoms with van der Waals surface area (Å²) in [5.74, 6) is -0.985. The van der Waals surface area contributed by atoms with E-state index >= 15 is 0 Å². The van der Waals surface area contributed by atoms with E-state index in [1.807, 2.05) is 0 Å². The lowest BCUT2D eigenvalue weighted by Gasteiger charge is -2.38. The van der Waals surface area contributed by atoms with Crippen molar-refractivity contribution in [3.8, 4) is 5.75 Å². The van der Waals surface area contributed by atoms with Crippen molar-refractivity contribution in [1.82, 2.24) is 10.6 Å². The monoisotopic (exact) mass is 360 g/mol.